The lowest BCUT2D eigenvalue weighted by molar-refractivity contribution is -0.190. The summed E-state index contributed by atoms with van der Waals surface area (Å²) in [5.41, 5.74) is 7.86. The molecule has 2 aromatic carbocycles. The smallest absolute Gasteiger partial charge is 0.261 e. The highest BCUT2D eigenvalue weighted by Gasteiger charge is 2.58. The van der Waals surface area contributed by atoms with Gasteiger partial charge in [0.15, 0.2) is 17.2 Å². The van der Waals surface area contributed by atoms with Crippen LogP contribution in [0, 0.1) is 0 Å². The van der Waals surface area contributed by atoms with E-state index in [1.807, 2.05) is 26.0 Å². The van der Waals surface area contributed by atoms with Crippen LogP contribution in [0.2, 0.25) is 5.04 Å². The van der Waals surface area contributed by atoms with Crippen molar-refractivity contribution in [2.24, 2.45) is 0 Å². The Kier molecular flexibility index (Phi) is 6.39. The van der Waals surface area contributed by atoms with E-state index >= 15 is 0 Å². The third kappa shape index (κ3) is 4.38. The Balaban J connectivity index is 1.38. The van der Waals surface area contributed by atoms with E-state index in [2.05, 4.69) is 79.3 Å². The summed E-state index contributed by atoms with van der Waals surface area (Å²) in [5.74, 6) is -0.475. The third-order valence-electron chi connectivity index (χ3n) is 7.75. The van der Waals surface area contributed by atoms with Crippen LogP contribution in [0.15, 0.2) is 77.7 Å². The van der Waals surface area contributed by atoms with E-state index in [4.69, 9.17) is 28.8 Å². The van der Waals surface area contributed by atoms with Crippen LogP contribution in [0.4, 0.5) is 5.82 Å². The lowest BCUT2D eigenvalue weighted by Crippen LogP contribution is -2.67. The molecule has 0 unspecified atom stereocenters. The average molecular weight is 546 g/mol. The fourth-order valence-corrected chi connectivity index (χ4v) is 10.7. The van der Waals surface area contributed by atoms with E-state index in [0.717, 1.165) is 5.56 Å². The molecule has 4 atom stereocenters. The molecule has 0 radical (unpaired) electrons. The molecule has 2 saturated heterocycles. The number of nitrogens with zero attached hydrogens (tertiary/aromatic N) is 2. The summed E-state index contributed by atoms with van der Waals surface area (Å²) in [4.78, 5) is 8.48. The molecular formula is C30H35N3O5Si. The third-order valence-corrected chi connectivity index (χ3v) is 12.8. The van der Waals surface area contributed by atoms with Crippen LogP contribution < -0.4 is 16.1 Å². The van der Waals surface area contributed by atoms with Gasteiger partial charge in [-0.05, 0) is 29.3 Å². The van der Waals surface area contributed by atoms with Crippen molar-refractivity contribution in [3.8, 4) is 0 Å². The number of nitrogen functional groups attached to an aromatic ring is 1. The minimum Gasteiger partial charge on any atom is -0.458 e. The minimum atomic E-state index is -2.77. The molecule has 204 valence electrons. The number of furan rings is 1. The first-order valence-corrected chi connectivity index (χ1v) is 15.3. The van der Waals surface area contributed by atoms with E-state index in [0.29, 0.717) is 17.7 Å². The highest BCUT2D eigenvalue weighted by molar-refractivity contribution is 6.99. The summed E-state index contributed by atoms with van der Waals surface area (Å²) in [7, 11) is -2.77. The maximum Gasteiger partial charge on any atom is 0.261 e. The molecular weight excluding hydrogens is 510 g/mol. The van der Waals surface area contributed by atoms with Gasteiger partial charge in [-0.3, -0.25) is 0 Å². The zero-order valence-corrected chi connectivity index (χ0v) is 24.0. The second kappa shape index (κ2) is 9.53. The van der Waals surface area contributed by atoms with Crippen molar-refractivity contribution in [2.45, 2.75) is 69.9 Å². The molecule has 0 aliphatic carbocycles. The van der Waals surface area contributed by atoms with Gasteiger partial charge in [-0.1, -0.05) is 81.4 Å². The van der Waals surface area contributed by atoms with Gasteiger partial charge in [0.2, 0.25) is 0 Å². The molecule has 0 saturated carbocycles. The summed E-state index contributed by atoms with van der Waals surface area (Å²) >= 11 is 0. The Hall–Kier alpha value is -3.08. The fraction of sp³-hybridized carbons (Fsp3) is 0.400. The van der Waals surface area contributed by atoms with Gasteiger partial charge in [-0.25, -0.2) is 9.97 Å². The van der Waals surface area contributed by atoms with Gasteiger partial charge in [0.05, 0.1) is 12.9 Å². The second-order valence-corrected chi connectivity index (χ2v) is 16.1. The summed E-state index contributed by atoms with van der Waals surface area (Å²) in [6.45, 7) is 11.0. The molecule has 2 aliphatic heterocycles. The van der Waals surface area contributed by atoms with Crippen molar-refractivity contribution < 1.29 is 23.1 Å². The number of benzene rings is 2. The molecule has 6 rings (SSSR count). The second-order valence-electron chi connectivity index (χ2n) is 11.8. The lowest BCUT2D eigenvalue weighted by Gasteiger charge is -2.43. The highest BCUT2D eigenvalue weighted by Crippen LogP contribution is 2.47. The van der Waals surface area contributed by atoms with E-state index in [1.54, 1.807) is 6.26 Å². The lowest BCUT2D eigenvalue weighted by atomic mass is 10.0. The number of anilines is 1. The molecule has 0 spiro atoms. The normalized spacial score (nSPS) is 24.7. The van der Waals surface area contributed by atoms with Crippen LogP contribution in [0.5, 0.6) is 0 Å². The maximum absolute atomic E-state index is 7.21. The average Bonchev–Trinajstić information content (AvgIpc) is 3.56. The standard InChI is InChI=1S/C30H35N3O5Si/c1-29(2,3)39(19-12-8-6-9-13-19,20-14-10-7-11-15-20)35-17-22-25-27(38-30(4,5)37-25)24(36-22)21-16-34-26-23(21)32-18-33-28(26)31/h6-16,18,22,24-25,27H,17H2,1-5H3,(H2,31,32,33)/t22-,24+,25-,27+/m1/s1. The molecule has 39 heavy (non-hydrogen) atoms. The Morgan fingerprint density at radius 1 is 0.923 bits per heavy atom. The first-order chi connectivity index (χ1) is 18.6. The van der Waals surface area contributed by atoms with Gasteiger partial charge in [-0.15, -0.1) is 0 Å². The van der Waals surface area contributed by atoms with Crippen LogP contribution in [-0.4, -0.2) is 49.0 Å². The van der Waals surface area contributed by atoms with Crippen LogP contribution in [0.3, 0.4) is 0 Å². The van der Waals surface area contributed by atoms with E-state index in [1.165, 1.54) is 16.7 Å². The molecule has 0 amide bonds. The van der Waals surface area contributed by atoms with Gasteiger partial charge in [0, 0.05) is 5.56 Å². The molecule has 2 N–H and O–H groups in total. The number of ether oxygens (including phenoxy) is 3. The Labute approximate surface area is 229 Å². The van der Waals surface area contributed by atoms with Crippen molar-refractivity contribution in [1.82, 2.24) is 9.97 Å². The van der Waals surface area contributed by atoms with Crippen molar-refractivity contribution in [3.63, 3.8) is 0 Å². The molecule has 2 aliphatic rings. The summed E-state index contributed by atoms with van der Waals surface area (Å²) < 4.78 is 32.4. The van der Waals surface area contributed by atoms with Crippen LogP contribution in [-0.2, 0) is 18.6 Å². The van der Waals surface area contributed by atoms with Crippen molar-refractivity contribution >= 4 is 35.6 Å². The predicted molar refractivity (Wildman–Crippen MR) is 151 cm³/mol. The molecule has 0 bridgehead atoms. The van der Waals surface area contributed by atoms with Gasteiger partial charge in [0.25, 0.3) is 8.32 Å². The number of rotatable bonds is 6. The predicted octanol–water partition coefficient (Wildman–Crippen LogP) is 4.34. The summed E-state index contributed by atoms with van der Waals surface area (Å²) in [6.07, 6.45) is 1.56. The van der Waals surface area contributed by atoms with E-state index in [9.17, 15) is 0 Å². The van der Waals surface area contributed by atoms with Crippen molar-refractivity contribution in [2.75, 3.05) is 12.3 Å². The fourth-order valence-electron chi connectivity index (χ4n) is 6.12. The minimum absolute atomic E-state index is 0.158. The zero-order valence-electron chi connectivity index (χ0n) is 23.0. The van der Waals surface area contributed by atoms with Gasteiger partial charge in [0.1, 0.15) is 36.3 Å². The van der Waals surface area contributed by atoms with Crippen molar-refractivity contribution in [3.05, 3.63) is 78.8 Å². The summed E-state index contributed by atoms with van der Waals surface area (Å²) in [6, 6.07) is 21.2. The Morgan fingerprint density at radius 3 is 2.15 bits per heavy atom. The number of aromatic nitrogens is 2. The van der Waals surface area contributed by atoms with Gasteiger partial charge in [-0.2, -0.15) is 0 Å². The quantitative estimate of drug-likeness (QED) is 0.357. The maximum atomic E-state index is 7.21. The monoisotopic (exact) mass is 545 g/mol. The topological polar surface area (TPSA) is 102 Å². The Bertz CT molecular complexity index is 1410. The SMILES string of the molecule is CC1(C)O[C@@H]2[C@H](O1)[C@@H](CO[Si](c1ccccc1)(c1ccccc1)C(C)(C)C)O[C@H]2c1coc2c(N)ncnc12. The van der Waals surface area contributed by atoms with Crippen LogP contribution in [0.1, 0.15) is 46.3 Å². The largest absolute Gasteiger partial charge is 0.458 e. The molecule has 2 aromatic heterocycles. The number of fused-ring (bicyclic) bond motifs is 2. The van der Waals surface area contributed by atoms with Crippen molar-refractivity contribution in [1.29, 1.82) is 0 Å². The number of nitrogens with two attached hydrogens (primary N) is 1. The molecule has 4 aromatic rings. The van der Waals surface area contributed by atoms with E-state index < -0.39 is 20.2 Å². The zero-order chi connectivity index (χ0) is 27.4. The van der Waals surface area contributed by atoms with E-state index in [-0.39, 0.29) is 29.2 Å². The molecule has 2 fully saturated rings. The summed E-state index contributed by atoms with van der Waals surface area (Å²) in [5, 5.41) is 2.27. The molecule has 9 heteroatoms. The first-order valence-electron chi connectivity index (χ1n) is 13.3. The van der Waals surface area contributed by atoms with Crippen LogP contribution >= 0.6 is 0 Å². The van der Waals surface area contributed by atoms with Gasteiger partial charge < -0.3 is 28.8 Å². The highest BCUT2D eigenvalue weighted by atomic mass is 28.4. The van der Waals surface area contributed by atoms with Gasteiger partial charge >= 0.3 is 0 Å². The first kappa shape index (κ1) is 26.2. The molecule has 8 nitrogen and oxygen atoms in total. The Morgan fingerprint density at radius 2 is 1.54 bits per heavy atom. The number of hydrogen-bond donors (Lipinski definition) is 1. The molecule has 4 heterocycles. The number of hydrogen-bond acceptors (Lipinski definition) is 8. The van der Waals surface area contributed by atoms with Crippen LogP contribution in [0.25, 0.3) is 11.1 Å².